The van der Waals surface area contributed by atoms with E-state index in [-0.39, 0.29) is 6.04 Å². The van der Waals surface area contributed by atoms with E-state index < -0.39 is 0 Å². The van der Waals surface area contributed by atoms with E-state index in [4.69, 9.17) is 5.73 Å². The van der Waals surface area contributed by atoms with Crippen LogP contribution >= 0.6 is 0 Å². The molecule has 3 heteroatoms. The SMILES string of the molecule is Cc1ccc2cnc(CC(C)N)n2c1. The van der Waals surface area contributed by atoms with Crippen molar-refractivity contribution in [2.24, 2.45) is 5.73 Å². The summed E-state index contributed by atoms with van der Waals surface area (Å²) in [6, 6.07) is 4.32. The van der Waals surface area contributed by atoms with Gasteiger partial charge in [-0.3, -0.25) is 0 Å². The van der Waals surface area contributed by atoms with Gasteiger partial charge in [-0.1, -0.05) is 6.07 Å². The van der Waals surface area contributed by atoms with Gasteiger partial charge in [0.2, 0.25) is 0 Å². The number of fused-ring (bicyclic) bond motifs is 1. The number of aromatic nitrogens is 2. The van der Waals surface area contributed by atoms with Gasteiger partial charge in [-0.05, 0) is 25.5 Å². The highest BCUT2D eigenvalue weighted by atomic mass is 15.0. The van der Waals surface area contributed by atoms with Crippen molar-refractivity contribution in [3.8, 4) is 0 Å². The van der Waals surface area contributed by atoms with Crippen LogP contribution < -0.4 is 5.73 Å². The second-order valence-corrected chi connectivity index (χ2v) is 3.86. The molecule has 74 valence electrons. The molecule has 0 aromatic carbocycles. The zero-order valence-electron chi connectivity index (χ0n) is 8.57. The summed E-state index contributed by atoms with van der Waals surface area (Å²) in [6.45, 7) is 4.08. The third kappa shape index (κ3) is 1.63. The van der Waals surface area contributed by atoms with E-state index in [0.717, 1.165) is 17.8 Å². The second-order valence-electron chi connectivity index (χ2n) is 3.86. The van der Waals surface area contributed by atoms with Crippen molar-refractivity contribution in [2.75, 3.05) is 0 Å². The van der Waals surface area contributed by atoms with E-state index in [0.29, 0.717) is 0 Å². The summed E-state index contributed by atoms with van der Waals surface area (Å²) >= 11 is 0. The summed E-state index contributed by atoms with van der Waals surface area (Å²) < 4.78 is 2.11. The van der Waals surface area contributed by atoms with E-state index in [1.54, 1.807) is 0 Å². The molecule has 0 saturated heterocycles. The Morgan fingerprint density at radius 3 is 3.00 bits per heavy atom. The van der Waals surface area contributed by atoms with E-state index in [2.05, 4.69) is 34.6 Å². The van der Waals surface area contributed by atoms with Gasteiger partial charge in [0.05, 0.1) is 11.7 Å². The smallest absolute Gasteiger partial charge is 0.114 e. The van der Waals surface area contributed by atoms with Gasteiger partial charge in [0.25, 0.3) is 0 Å². The second kappa shape index (κ2) is 3.42. The molecule has 0 aliphatic rings. The van der Waals surface area contributed by atoms with Crippen LogP contribution in [0, 0.1) is 6.92 Å². The molecule has 0 bridgehead atoms. The van der Waals surface area contributed by atoms with Crippen LogP contribution in [0.2, 0.25) is 0 Å². The molecule has 2 heterocycles. The molecule has 2 aromatic rings. The van der Waals surface area contributed by atoms with Crippen LogP contribution in [-0.2, 0) is 6.42 Å². The maximum absolute atomic E-state index is 5.76. The molecule has 0 saturated carbocycles. The minimum absolute atomic E-state index is 0.154. The Morgan fingerprint density at radius 2 is 2.29 bits per heavy atom. The summed E-state index contributed by atoms with van der Waals surface area (Å²) in [5.74, 6) is 1.04. The third-order valence-corrected chi connectivity index (χ3v) is 2.26. The fraction of sp³-hybridized carbons (Fsp3) is 0.364. The largest absolute Gasteiger partial charge is 0.328 e. The van der Waals surface area contributed by atoms with Crippen LogP contribution in [0.1, 0.15) is 18.3 Å². The van der Waals surface area contributed by atoms with Crippen molar-refractivity contribution < 1.29 is 0 Å². The molecule has 0 amide bonds. The van der Waals surface area contributed by atoms with Gasteiger partial charge in [-0.2, -0.15) is 0 Å². The summed E-state index contributed by atoms with van der Waals surface area (Å²) in [7, 11) is 0. The van der Waals surface area contributed by atoms with E-state index in [1.165, 1.54) is 5.56 Å². The molecule has 2 N–H and O–H groups in total. The number of hydrogen-bond acceptors (Lipinski definition) is 2. The van der Waals surface area contributed by atoms with Crippen LogP contribution in [0.3, 0.4) is 0 Å². The Labute approximate surface area is 83.6 Å². The van der Waals surface area contributed by atoms with Crippen LogP contribution in [0.5, 0.6) is 0 Å². The third-order valence-electron chi connectivity index (χ3n) is 2.26. The topological polar surface area (TPSA) is 43.3 Å². The van der Waals surface area contributed by atoms with Gasteiger partial charge in [0.1, 0.15) is 5.82 Å². The highest BCUT2D eigenvalue weighted by Crippen LogP contribution is 2.09. The van der Waals surface area contributed by atoms with Crippen LogP contribution in [-0.4, -0.2) is 15.4 Å². The molecule has 2 aromatic heterocycles. The van der Waals surface area contributed by atoms with Gasteiger partial charge in [-0.25, -0.2) is 4.98 Å². The average molecular weight is 189 g/mol. The van der Waals surface area contributed by atoms with Crippen molar-refractivity contribution in [3.05, 3.63) is 35.9 Å². The van der Waals surface area contributed by atoms with Crippen LogP contribution in [0.15, 0.2) is 24.5 Å². The molecule has 0 fully saturated rings. The predicted molar refractivity (Wildman–Crippen MR) is 57.3 cm³/mol. The average Bonchev–Trinajstić information content (AvgIpc) is 2.47. The molecule has 14 heavy (non-hydrogen) atoms. The van der Waals surface area contributed by atoms with Crippen molar-refractivity contribution in [3.63, 3.8) is 0 Å². The lowest BCUT2D eigenvalue weighted by Gasteiger charge is -2.04. The lowest BCUT2D eigenvalue weighted by atomic mass is 10.2. The quantitative estimate of drug-likeness (QED) is 0.778. The first-order valence-corrected chi connectivity index (χ1v) is 4.85. The minimum atomic E-state index is 0.154. The maximum Gasteiger partial charge on any atom is 0.114 e. The monoisotopic (exact) mass is 189 g/mol. The number of imidazole rings is 1. The molecular weight excluding hydrogens is 174 g/mol. The van der Waals surface area contributed by atoms with Crippen LogP contribution in [0.25, 0.3) is 5.52 Å². The lowest BCUT2D eigenvalue weighted by molar-refractivity contribution is 0.699. The minimum Gasteiger partial charge on any atom is -0.328 e. The maximum atomic E-state index is 5.76. The zero-order chi connectivity index (χ0) is 10.1. The molecule has 0 aliphatic carbocycles. The first-order chi connectivity index (χ1) is 6.66. The highest BCUT2D eigenvalue weighted by Gasteiger charge is 2.05. The first kappa shape index (κ1) is 9.21. The molecule has 2 rings (SSSR count). The fourth-order valence-corrected chi connectivity index (χ4v) is 1.59. The number of hydrogen-bond donors (Lipinski definition) is 1. The Hall–Kier alpha value is -1.35. The normalized spacial score (nSPS) is 13.4. The molecule has 1 unspecified atom stereocenters. The van der Waals surface area contributed by atoms with E-state index >= 15 is 0 Å². The van der Waals surface area contributed by atoms with Crippen molar-refractivity contribution >= 4 is 5.52 Å². The van der Waals surface area contributed by atoms with Gasteiger partial charge < -0.3 is 10.1 Å². The number of rotatable bonds is 2. The Bertz CT molecular complexity index is 443. The zero-order valence-corrected chi connectivity index (χ0v) is 8.57. The van der Waals surface area contributed by atoms with E-state index in [9.17, 15) is 0 Å². The summed E-state index contributed by atoms with van der Waals surface area (Å²) in [5, 5.41) is 0. The van der Waals surface area contributed by atoms with Crippen LogP contribution in [0.4, 0.5) is 0 Å². The first-order valence-electron chi connectivity index (χ1n) is 4.85. The molecule has 3 nitrogen and oxygen atoms in total. The Kier molecular flexibility index (Phi) is 2.25. The number of nitrogens with two attached hydrogens (primary N) is 1. The number of pyridine rings is 1. The summed E-state index contributed by atoms with van der Waals surface area (Å²) in [5.41, 5.74) is 8.13. The van der Waals surface area contributed by atoms with Gasteiger partial charge in [-0.15, -0.1) is 0 Å². The van der Waals surface area contributed by atoms with E-state index in [1.807, 2.05) is 13.1 Å². The molecule has 1 atom stereocenters. The number of nitrogens with zero attached hydrogens (tertiary/aromatic N) is 2. The standard InChI is InChI=1S/C11H15N3/c1-8-3-4-10-6-13-11(5-9(2)12)14(10)7-8/h3-4,6-7,9H,5,12H2,1-2H3. The Morgan fingerprint density at radius 1 is 1.50 bits per heavy atom. The van der Waals surface area contributed by atoms with Gasteiger partial charge in [0.15, 0.2) is 0 Å². The number of aryl methyl sites for hydroxylation is 1. The molecular formula is C11H15N3. The lowest BCUT2D eigenvalue weighted by Crippen LogP contribution is -2.19. The molecule has 0 radical (unpaired) electrons. The molecule has 0 aliphatic heterocycles. The van der Waals surface area contributed by atoms with Gasteiger partial charge >= 0.3 is 0 Å². The van der Waals surface area contributed by atoms with Crippen molar-refractivity contribution in [1.29, 1.82) is 0 Å². The van der Waals surface area contributed by atoms with Crippen molar-refractivity contribution in [1.82, 2.24) is 9.38 Å². The Balaban J connectivity index is 2.50. The van der Waals surface area contributed by atoms with Gasteiger partial charge in [0, 0.05) is 18.7 Å². The van der Waals surface area contributed by atoms with Crippen molar-refractivity contribution in [2.45, 2.75) is 26.3 Å². The highest BCUT2D eigenvalue weighted by molar-refractivity contribution is 5.46. The predicted octanol–water partition coefficient (Wildman–Crippen LogP) is 1.53. The fourth-order valence-electron chi connectivity index (χ4n) is 1.59. The summed E-state index contributed by atoms with van der Waals surface area (Å²) in [6.07, 6.45) is 4.80. The summed E-state index contributed by atoms with van der Waals surface area (Å²) in [4.78, 5) is 4.36. The molecule has 0 spiro atoms.